The van der Waals surface area contributed by atoms with Gasteiger partial charge in [-0.1, -0.05) is 13.8 Å². The standard InChI is InChI=1S/C8H13NO4/c1-5(2)4-6(10)7(11)9-8(12)13-3/h5H,4H2,1-3H3,(H,9,11,12). The summed E-state index contributed by atoms with van der Waals surface area (Å²) in [5.41, 5.74) is 0. The van der Waals surface area contributed by atoms with Gasteiger partial charge in [0.15, 0.2) is 0 Å². The highest BCUT2D eigenvalue weighted by molar-refractivity contribution is 6.38. The zero-order valence-electron chi connectivity index (χ0n) is 7.92. The lowest BCUT2D eigenvalue weighted by molar-refractivity contribution is -0.137. The summed E-state index contributed by atoms with van der Waals surface area (Å²) in [7, 11) is 1.12. The average Bonchev–Trinajstić information content (AvgIpc) is 2.02. The van der Waals surface area contributed by atoms with Crippen LogP contribution < -0.4 is 5.32 Å². The Bertz CT molecular complexity index is 222. The fraction of sp³-hybridized carbons (Fsp3) is 0.625. The fourth-order valence-electron chi connectivity index (χ4n) is 0.677. The molecule has 0 fully saturated rings. The molecule has 0 radical (unpaired) electrons. The molecular weight excluding hydrogens is 174 g/mol. The number of alkyl carbamates (subject to hydrolysis) is 1. The van der Waals surface area contributed by atoms with Gasteiger partial charge >= 0.3 is 6.09 Å². The van der Waals surface area contributed by atoms with Crippen LogP contribution in [0.5, 0.6) is 0 Å². The predicted octanol–water partition coefficient (Wildman–Crippen LogP) is 0.484. The zero-order chi connectivity index (χ0) is 10.4. The van der Waals surface area contributed by atoms with Crippen molar-refractivity contribution in [2.24, 2.45) is 5.92 Å². The molecule has 0 bridgehead atoms. The number of ether oxygens (including phenoxy) is 1. The van der Waals surface area contributed by atoms with E-state index in [0.717, 1.165) is 7.11 Å². The van der Waals surface area contributed by atoms with Crippen molar-refractivity contribution < 1.29 is 19.1 Å². The maximum atomic E-state index is 11.0. The Balaban J connectivity index is 3.97. The van der Waals surface area contributed by atoms with Crippen molar-refractivity contribution in [2.75, 3.05) is 7.11 Å². The highest BCUT2D eigenvalue weighted by Gasteiger charge is 2.17. The normalized spacial score (nSPS) is 9.54. The van der Waals surface area contributed by atoms with Crippen LogP contribution in [0.3, 0.4) is 0 Å². The van der Waals surface area contributed by atoms with Gasteiger partial charge in [-0.25, -0.2) is 4.79 Å². The minimum Gasteiger partial charge on any atom is -0.453 e. The van der Waals surface area contributed by atoms with Crippen molar-refractivity contribution in [2.45, 2.75) is 20.3 Å². The first kappa shape index (κ1) is 11.6. The van der Waals surface area contributed by atoms with E-state index < -0.39 is 17.8 Å². The number of rotatable bonds is 3. The quantitative estimate of drug-likeness (QED) is 0.652. The third-order valence-electron chi connectivity index (χ3n) is 1.25. The van der Waals surface area contributed by atoms with Crippen LogP contribution in [0.15, 0.2) is 0 Å². The van der Waals surface area contributed by atoms with E-state index in [1.165, 1.54) is 0 Å². The Hall–Kier alpha value is -1.39. The molecule has 0 unspecified atom stereocenters. The fourth-order valence-corrected chi connectivity index (χ4v) is 0.677. The van der Waals surface area contributed by atoms with Crippen molar-refractivity contribution in [1.29, 1.82) is 0 Å². The summed E-state index contributed by atoms with van der Waals surface area (Å²) in [4.78, 5) is 32.4. The van der Waals surface area contributed by atoms with Gasteiger partial charge in [-0.3, -0.25) is 14.9 Å². The Kier molecular flexibility index (Phi) is 4.72. The molecule has 0 aromatic heterocycles. The summed E-state index contributed by atoms with van der Waals surface area (Å²) in [5, 5.41) is 1.79. The minimum absolute atomic E-state index is 0.0934. The highest BCUT2D eigenvalue weighted by atomic mass is 16.5. The molecule has 13 heavy (non-hydrogen) atoms. The van der Waals surface area contributed by atoms with E-state index >= 15 is 0 Å². The predicted molar refractivity (Wildman–Crippen MR) is 45.0 cm³/mol. The second-order valence-electron chi connectivity index (χ2n) is 2.97. The summed E-state index contributed by atoms with van der Waals surface area (Å²) >= 11 is 0. The van der Waals surface area contributed by atoms with Crippen LogP contribution in [0.2, 0.25) is 0 Å². The number of nitrogens with one attached hydrogen (secondary N) is 1. The van der Waals surface area contributed by atoms with Crippen molar-refractivity contribution in [3.63, 3.8) is 0 Å². The Morgan fingerprint density at radius 2 is 1.85 bits per heavy atom. The smallest absolute Gasteiger partial charge is 0.413 e. The Morgan fingerprint density at radius 3 is 2.23 bits per heavy atom. The van der Waals surface area contributed by atoms with Crippen LogP contribution in [0.25, 0.3) is 0 Å². The number of hydrogen-bond acceptors (Lipinski definition) is 4. The monoisotopic (exact) mass is 187 g/mol. The first-order valence-corrected chi connectivity index (χ1v) is 3.89. The molecule has 1 N–H and O–H groups in total. The van der Waals surface area contributed by atoms with Gasteiger partial charge in [0.1, 0.15) is 0 Å². The molecule has 0 spiro atoms. The van der Waals surface area contributed by atoms with Crippen molar-refractivity contribution in [3.05, 3.63) is 0 Å². The number of methoxy groups -OCH3 is 1. The number of amides is 2. The summed E-state index contributed by atoms with van der Waals surface area (Å²) in [6.07, 6.45) is -0.787. The van der Waals surface area contributed by atoms with Gasteiger partial charge in [0, 0.05) is 6.42 Å². The molecule has 5 nitrogen and oxygen atoms in total. The lowest BCUT2D eigenvalue weighted by Crippen LogP contribution is -2.36. The minimum atomic E-state index is -0.916. The van der Waals surface area contributed by atoms with Gasteiger partial charge in [-0.05, 0) is 5.92 Å². The van der Waals surface area contributed by atoms with Gasteiger partial charge in [-0.15, -0.1) is 0 Å². The van der Waals surface area contributed by atoms with E-state index in [4.69, 9.17) is 0 Å². The first-order valence-electron chi connectivity index (χ1n) is 3.89. The van der Waals surface area contributed by atoms with Gasteiger partial charge in [0.2, 0.25) is 5.78 Å². The van der Waals surface area contributed by atoms with Crippen molar-refractivity contribution in [3.8, 4) is 0 Å². The van der Waals surface area contributed by atoms with Gasteiger partial charge in [0.25, 0.3) is 5.91 Å². The van der Waals surface area contributed by atoms with Gasteiger partial charge < -0.3 is 4.74 Å². The van der Waals surface area contributed by atoms with E-state index in [-0.39, 0.29) is 12.3 Å². The van der Waals surface area contributed by atoms with E-state index in [0.29, 0.717) is 0 Å². The maximum absolute atomic E-state index is 11.0. The number of Topliss-reactive ketones (excluding diaryl/α,β-unsaturated/α-hetero) is 1. The number of carbonyl (C=O) groups is 3. The van der Waals surface area contributed by atoms with E-state index in [2.05, 4.69) is 4.74 Å². The number of hydrogen-bond donors (Lipinski definition) is 1. The molecule has 0 aromatic carbocycles. The molecule has 0 aliphatic heterocycles. The first-order chi connectivity index (χ1) is 5.97. The second kappa shape index (κ2) is 5.29. The van der Waals surface area contributed by atoms with Crippen LogP contribution in [-0.2, 0) is 14.3 Å². The summed E-state index contributed by atoms with van der Waals surface area (Å²) in [5.74, 6) is -1.43. The molecule has 74 valence electrons. The molecule has 0 saturated carbocycles. The SMILES string of the molecule is COC(=O)NC(=O)C(=O)CC(C)C. The molecular formula is C8H13NO4. The van der Waals surface area contributed by atoms with Crippen molar-refractivity contribution >= 4 is 17.8 Å². The largest absolute Gasteiger partial charge is 0.453 e. The van der Waals surface area contributed by atoms with Crippen molar-refractivity contribution in [1.82, 2.24) is 5.32 Å². The average molecular weight is 187 g/mol. The number of carbonyl (C=O) groups excluding carboxylic acids is 3. The Labute approximate surface area is 76.4 Å². The third kappa shape index (κ3) is 4.95. The zero-order valence-corrected chi connectivity index (χ0v) is 7.92. The van der Waals surface area contributed by atoms with E-state index in [1.807, 2.05) is 13.8 Å². The van der Waals surface area contributed by atoms with Crippen LogP contribution >= 0.6 is 0 Å². The lowest BCUT2D eigenvalue weighted by Gasteiger charge is -2.03. The van der Waals surface area contributed by atoms with Crippen LogP contribution in [0, 0.1) is 5.92 Å². The van der Waals surface area contributed by atoms with E-state index in [9.17, 15) is 14.4 Å². The molecule has 2 amide bonds. The maximum Gasteiger partial charge on any atom is 0.413 e. The lowest BCUT2D eigenvalue weighted by atomic mass is 10.1. The number of ketones is 1. The molecule has 0 heterocycles. The van der Waals surface area contributed by atoms with E-state index in [1.54, 1.807) is 5.32 Å². The van der Waals surface area contributed by atoms with Crippen LogP contribution in [-0.4, -0.2) is 24.9 Å². The summed E-state index contributed by atoms with van der Waals surface area (Å²) in [6, 6.07) is 0. The summed E-state index contributed by atoms with van der Waals surface area (Å²) in [6.45, 7) is 3.62. The Morgan fingerprint density at radius 1 is 1.31 bits per heavy atom. The molecule has 0 rings (SSSR count). The second-order valence-corrected chi connectivity index (χ2v) is 2.97. The molecule has 0 aromatic rings. The van der Waals surface area contributed by atoms with Gasteiger partial charge in [0.05, 0.1) is 7.11 Å². The third-order valence-corrected chi connectivity index (χ3v) is 1.25. The molecule has 0 saturated heterocycles. The molecule has 0 aliphatic carbocycles. The van der Waals surface area contributed by atoms with Gasteiger partial charge in [-0.2, -0.15) is 0 Å². The topological polar surface area (TPSA) is 72.5 Å². The molecule has 0 aliphatic rings. The highest BCUT2D eigenvalue weighted by Crippen LogP contribution is 1.99. The molecule has 0 atom stereocenters. The number of imide groups is 1. The van der Waals surface area contributed by atoms with Crippen LogP contribution in [0.1, 0.15) is 20.3 Å². The summed E-state index contributed by atoms with van der Waals surface area (Å²) < 4.78 is 4.15. The molecule has 5 heteroatoms. The van der Waals surface area contributed by atoms with Crippen LogP contribution in [0.4, 0.5) is 4.79 Å².